The van der Waals surface area contributed by atoms with Crippen LogP contribution in [0.2, 0.25) is 0 Å². The molecule has 0 atom stereocenters. The fourth-order valence-electron chi connectivity index (χ4n) is 4.55. The van der Waals surface area contributed by atoms with Gasteiger partial charge in [-0.1, -0.05) is 18.8 Å². The minimum atomic E-state index is 0.247. The zero-order valence-electron chi connectivity index (χ0n) is 13.1. The van der Waals surface area contributed by atoms with E-state index in [1.165, 1.54) is 38.5 Å². The monoisotopic (exact) mass is 288 g/mol. The Bertz CT molecular complexity index is 401. The number of carbonyl (C=O) groups is 1. The Hall–Kier alpha value is -1.01. The van der Waals surface area contributed by atoms with Crippen molar-refractivity contribution in [1.82, 2.24) is 9.80 Å². The van der Waals surface area contributed by atoms with Crippen LogP contribution in [-0.2, 0) is 4.79 Å². The summed E-state index contributed by atoms with van der Waals surface area (Å²) in [4.78, 5) is 17.1. The molecule has 21 heavy (non-hydrogen) atoms. The third kappa shape index (κ3) is 3.26. The third-order valence-corrected chi connectivity index (χ3v) is 6.05. The summed E-state index contributed by atoms with van der Waals surface area (Å²) in [7, 11) is 0. The van der Waals surface area contributed by atoms with E-state index in [4.69, 9.17) is 6.42 Å². The molecule has 0 aromatic carbocycles. The van der Waals surface area contributed by atoms with Crippen LogP contribution in [0.15, 0.2) is 0 Å². The maximum Gasteiger partial charge on any atom is 0.225 e. The largest absolute Gasteiger partial charge is 0.342 e. The second kappa shape index (κ2) is 6.40. The van der Waals surface area contributed by atoms with E-state index >= 15 is 0 Å². The summed E-state index contributed by atoms with van der Waals surface area (Å²) >= 11 is 0. The zero-order chi connectivity index (χ0) is 14.7. The van der Waals surface area contributed by atoms with E-state index in [1.54, 1.807) is 0 Å². The highest BCUT2D eigenvalue weighted by molar-refractivity contribution is 5.79. The average molecular weight is 288 g/mol. The summed E-state index contributed by atoms with van der Waals surface area (Å²) in [5, 5.41) is 0. The van der Waals surface area contributed by atoms with Gasteiger partial charge in [-0.3, -0.25) is 9.69 Å². The van der Waals surface area contributed by atoms with Crippen LogP contribution in [0, 0.1) is 23.7 Å². The zero-order valence-corrected chi connectivity index (χ0v) is 13.1. The number of nitrogens with zero attached hydrogens (tertiary/aromatic N) is 2. The first-order chi connectivity index (χ1) is 10.2. The Balaban J connectivity index is 1.47. The van der Waals surface area contributed by atoms with Crippen molar-refractivity contribution in [3.8, 4) is 12.3 Å². The van der Waals surface area contributed by atoms with Crippen molar-refractivity contribution in [3.05, 3.63) is 0 Å². The van der Waals surface area contributed by atoms with Crippen LogP contribution >= 0.6 is 0 Å². The Kier molecular flexibility index (Phi) is 4.54. The molecule has 1 aliphatic carbocycles. The highest BCUT2D eigenvalue weighted by Gasteiger charge is 2.39. The number of amides is 1. The molecule has 0 aromatic heterocycles. The molecule has 0 bridgehead atoms. The number of rotatable bonds is 2. The predicted octanol–water partition coefficient (Wildman–Crippen LogP) is 2.51. The molecule has 0 N–H and O–H groups in total. The molecular weight excluding hydrogens is 260 g/mol. The summed E-state index contributed by atoms with van der Waals surface area (Å²) < 4.78 is 0. The number of carbonyl (C=O) groups excluding carboxylic acids is 1. The number of hydrogen-bond donors (Lipinski definition) is 0. The number of likely N-dealkylation sites (tertiary alicyclic amines) is 2. The van der Waals surface area contributed by atoms with Gasteiger partial charge in [0.1, 0.15) is 0 Å². The highest BCUT2D eigenvalue weighted by Crippen LogP contribution is 2.46. The van der Waals surface area contributed by atoms with Gasteiger partial charge in [0.25, 0.3) is 0 Å². The topological polar surface area (TPSA) is 23.6 Å². The molecule has 0 aromatic rings. The van der Waals surface area contributed by atoms with Gasteiger partial charge in [0.15, 0.2) is 0 Å². The first-order valence-corrected chi connectivity index (χ1v) is 8.67. The second-order valence-corrected chi connectivity index (χ2v) is 7.29. The Morgan fingerprint density at radius 3 is 2.24 bits per heavy atom. The molecule has 2 aliphatic heterocycles. The first kappa shape index (κ1) is 14.9. The maximum absolute atomic E-state index is 12.7. The fraction of sp³-hybridized carbons (Fsp3) is 0.833. The van der Waals surface area contributed by atoms with Crippen LogP contribution < -0.4 is 0 Å². The van der Waals surface area contributed by atoms with Gasteiger partial charge in [-0.25, -0.2) is 0 Å². The quantitative estimate of drug-likeness (QED) is 0.729. The number of terminal acetylenes is 1. The molecule has 2 saturated heterocycles. The first-order valence-electron chi connectivity index (χ1n) is 8.67. The van der Waals surface area contributed by atoms with Crippen molar-refractivity contribution in [1.29, 1.82) is 0 Å². The van der Waals surface area contributed by atoms with Gasteiger partial charge in [0, 0.05) is 19.0 Å². The normalized spacial score (nSPS) is 26.9. The summed E-state index contributed by atoms with van der Waals surface area (Å²) in [6.07, 6.45) is 15.4. The van der Waals surface area contributed by atoms with Crippen molar-refractivity contribution in [2.45, 2.75) is 51.4 Å². The van der Waals surface area contributed by atoms with E-state index in [9.17, 15) is 4.79 Å². The van der Waals surface area contributed by atoms with Crippen LogP contribution in [0.1, 0.15) is 51.4 Å². The van der Waals surface area contributed by atoms with E-state index in [0.717, 1.165) is 45.6 Å². The molecule has 3 rings (SSSR count). The summed E-state index contributed by atoms with van der Waals surface area (Å²) in [6, 6.07) is 0. The van der Waals surface area contributed by atoms with Gasteiger partial charge < -0.3 is 4.90 Å². The van der Waals surface area contributed by atoms with E-state index in [2.05, 4.69) is 15.7 Å². The number of piperidine rings is 2. The lowest BCUT2D eigenvalue weighted by Gasteiger charge is -2.41. The molecule has 1 amide bonds. The van der Waals surface area contributed by atoms with Gasteiger partial charge in [-0.2, -0.15) is 0 Å². The molecule has 0 unspecified atom stereocenters. The van der Waals surface area contributed by atoms with Crippen LogP contribution in [-0.4, -0.2) is 48.4 Å². The molecule has 3 nitrogen and oxygen atoms in total. The van der Waals surface area contributed by atoms with Gasteiger partial charge in [-0.15, -0.1) is 6.42 Å². The molecule has 1 spiro atoms. The lowest BCUT2D eigenvalue weighted by atomic mass is 9.77. The lowest BCUT2D eigenvalue weighted by Crippen LogP contribution is -2.47. The van der Waals surface area contributed by atoms with Crippen molar-refractivity contribution in [2.75, 3.05) is 32.7 Å². The van der Waals surface area contributed by atoms with Crippen LogP contribution in [0.25, 0.3) is 0 Å². The maximum atomic E-state index is 12.7. The van der Waals surface area contributed by atoms with Crippen LogP contribution in [0.3, 0.4) is 0 Å². The summed E-state index contributed by atoms with van der Waals surface area (Å²) in [5.41, 5.74) is 0.604. The van der Waals surface area contributed by atoms with Crippen molar-refractivity contribution in [3.63, 3.8) is 0 Å². The minimum absolute atomic E-state index is 0.247. The Morgan fingerprint density at radius 2 is 1.67 bits per heavy atom. The van der Waals surface area contributed by atoms with Gasteiger partial charge in [0.05, 0.1) is 6.54 Å². The van der Waals surface area contributed by atoms with Gasteiger partial charge >= 0.3 is 0 Å². The molecule has 116 valence electrons. The van der Waals surface area contributed by atoms with E-state index in [1.807, 2.05) is 0 Å². The van der Waals surface area contributed by atoms with Crippen molar-refractivity contribution >= 4 is 5.91 Å². The smallest absolute Gasteiger partial charge is 0.225 e. The van der Waals surface area contributed by atoms with Crippen molar-refractivity contribution < 1.29 is 4.79 Å². The Labute approximate surface area is 129 Å². The second-order valence-electron chi connectivity index (χ2n) is 7.29. The number of hydrogen-bond acceptors (Lipinski definition) is 2. The fourth-order valence-corrected chi connectivity index (χ4v) is 4.55. The molecule has 3 fully saturated rings. The molecule has 2 heterocycles. The molecule has 3 heteroatoms. The molecule has 0 radical (unpaired) electrons. The SMILES string of the molecule is C#CCN1CCC(C(=O)N2CCC3(CCCC3)CC2)CC1. The van der Waals surface area contributed by atoms with E-state index in [-0.39, 0.29) is 5.92 Å². The lowest BCUT2D eigenvalue weighted by molar-refractivity contribution is -0.139. The minimum Gasteiger partial charge on any atom is -0.342 e. The van der Waals surface area contributed by atoms with Crippen molar-refractivity contribution in [2.24, 2.45) is 11.3 Å². The average Bonchev–Trinajstić information content (AvgIpc) is 2.97. The van der Waals surface area contributed by atoms with E-state index < -0.39 is 0 Å². The Morgan fingerprint density at radius 1 is 1.05 bits per heavy atom. The predicted molar refractivity (Wildman–Crippen MR) is 84.7 cm³/mol. The highest BCUT2D eigenvalue weighted by atomic mass is 16.2. The van der Waals surface area contributed by atoms with Gasteiger partial charge in [-0.05, 0) is 57.0 Å². The standard InChI is InChI=1S/C18H28N2O/c1-2-11-19-12-5-16(6-13-19)17(21)20-14-9-18(10-15-20)7-3-4-8-18/h1,16H,3-15H2. The van der Waals surface area contributed by atoms with E-state index in [0.29, 0.717) is 11.3 Å². The molecule has 3 aliphatic rings. The summed E-state index contributed by atoms with van der Waals surface area (Å²) in [5.74, 6) is 3.37. The summed E-state index contributed by atoms with van der Waals surface area (Å²) in [6.45, 7) is 4.71. The van der Waals surface area contributed by atoms with Gasteiger partial charge in [0.2, 0.25) is 5.91 Å². The van der Waals surface area contributed by atoms with Crippen LogP contribution in [0.4, 0.5) is 0 Å². The third-order valence-electron chi connectivity index (χ3n) is 6.05. The molecule has 1 saturated carbocycles. The van der Waals surface area contributed by atoms with Crippen LogP contribution in [0.5, 0.6) is 0 Å². The molecular formula is C18H28N2O.